The molecule has 66 heavy (non-hydrogen) atoms. The molecular weight excluding hydrogens is 987 g/mol. The zero-order valence-electron chi connectivity index (χ0n) is 41.1. The smallest absolute Gasteiger partial charge is 0.328 e. The molecule has 0 aromatic rings. The third kappa shape index (κ3) is 48.6. The topological polar surface area (TPSA) is 364 Å². The van der Waals surface area contributed by atoms with Crippen LogP contribution in [-0.2, 0) is 93.1 Å². The van der Waals surface area contributed by atoms with Gasteiger partial charge in [-0.3, -0.25) is 64.9 Å². The summed E-state index contributed by atoms with van der Waals surface area (Å²) < 4.78 is 100. The highest BCUT2D eigenvalue weighted by molar-refractivity contribution is 7.52. The molecule has 0 aromatic carbocycles. The SMILES string of the molecule is CC(C)C(=O)OC(C)(C)OP(C)(=O)O.CC(C)C(=O)OC1(OP(C)(=O)O)CC1.CC(C)C(=O)OCCOP(C)(=O)O.CC(C)C(=O)OCOP(C)(=O)O.CC(OC(=O)C(C)C)OP(C)(=O)O. The van der Waals surface area contributed by atoms with Crippen molar-refractivity contribution >= 4 is 67.8 Å². The lowest BCUT2D eigenvalue weighted by Gasteiger charge is -2.26. The second kappa shape index (κ2) is 31.4. The molecule has 0 bridgehead atoms. The number of hydrogen-bond donors (Lipinski definition) is 5. The van der Waals surface area contributed by atoms with E-state index in [9.17, 15) is 46.8 Å². The first-order chi connectivity index (χ1) is 29.2. The second-order valence-electron chi connectivity index (χ2n) is 16.4. The highest BCUT2D eigenvalue weighted by Gasteiger charge is 2.52. The van der Waals surface area contributed by atoms with Gasteiger partial charge in [0.25, 0.3) is 0 Å². The molecule has 5 N–H and O–H groups in total. The molecule has 1 aliphatic carbocycles. The van der Waals surface area contributed by atoms with Gasteiger partial charge in [-0.1, -0.05) is 69.2 Å². The van der Waals surface area contributed by atoms with Crippen LogP contribution >= 0.6 is 38.0 Å². The van der Waals surface area contributed by atoms with Crippen LogP contribution in [0.5, 0.6) is 0 Å². The van der Waals surface area contributed by atoms with Gasteiger partial charge >= 0.3 is 67.8 Å². The van der Waals surface area contributed by atoms with Gasteiger partial charge in [-0.05, 0) is 6.92 Å². The second-order valence-corrected chi connectivity index (χ2v) is 25.6. The Hall–Kier alpha value is -1.90. The number of carbonyl (C=O) groups is 5. The molecule has 1 fully saturated rings. The number of ether oxygens (including phenoxy) is 5. The molecule has 1 rings (SSSR count). The molecule has 0 aliphatic heterocycles. The van der Waals surface area contributed by atoms with Crippen LogP contribution in [0.1, 0.15) is 103 Å². The first-order valence-electron chi connectivity index (χ1n) is 20.0. The van der Waals surface area contributed by atoms with Crippen molar-refractivity contribution in [1.82, 2.24) is 0 Å². The van der Waals surface area contributed by atoms with E-state index in [0.29, 0.717) is 12.8 Å². The summed E-state index contributed by atoms with van der Waals surface area (Å²) in [6, 6.07) is 0. The third-order valence-corrected chi connectivity index (χ3v) is 9.54. The van der Waals surface area contributed by atoms with Gasteiger partial charge in [0.2, 0.25) is 24.7 Å². The van der Waals surface area contributed by atoms with Crippen LogP contribution in [-0.4, -0.2) is 126 Å². The summed E-state index contributed by atoms with van der Waals surface area (Å²) in [7, 11) is -17.8. The van der Waals surface area contributed by atoms with E-state index < -0.39 is 86.5 Å². The van der Waals surface area contributed by atoms with E-state index in [4.69, 9.17) is 52.5 Å². The van der Waals surface area contributed by atoms with Crippen molar-refractivity contribution in [2.45, 2.75) is 121 Å². The fraction of sp³-hybridized carbons (Fsp3) is 0.861. The predicted molar refractivity (Wildman–Crippen MR) is 239 cm³/mol. The van der Waals surface area contributed by atoms with Gasteiger partial charge in [0.05, 0.1) is 36.2 Å². The van der Waals surface area contributed by atoms with Crippen molar-refractivity contribution < 1.29 is 118 Å². The van der Waals surface area contributed by atoms with Crippen molar-refractivity contribution in [3.05, 3.63) is 0 Å². The maximum atomic E-state index is 11.2. The highest BCUT2D eigenvalue weighted by Crippen LogP contribution is 2.53. The maximum absolute atomic E-state index is 11.2. The lowest BCUT2D eigenvalue weighted by Crippen LogP contribution is -2.32. The van der Waals surface area contributed by atoms with Crippen molar-refractivity contribution in [3.8, 4) is 0 Å². The fourth-order valence-electron chi connectivity index (χ4n) is 3.17. The van der Waals surface area contributed by atoms with Crippen molar-refractivity contribution in [3.63, 3.8) is 0 Å². The number of esters is 5. The normalized spacial score (nSPS) is 17.8. The number of carbonyl (C=O) groups excluding carboxylic acids is 5. The molecule has 0 heterocycles. The summed E-state index contributed by atoms with van der Waals surface area (Å²) in [5.41, 5.74) is 0. The zero-order chi connectivity index (χ0) is 53.5. The molecule has 6 unspecified atom stereocenters. The lowest BCUT2D eigenvalue weighted by atomic mass is 10.2. The van der Waals surface area contributed by atoms with Gasteiger partial charge in [0.1, 0.15) is 6.61 Å². The molecule has 0 saturated heterocycles. The largest absolute Gasteiger partial charge is 0.463 e. The Balaban J connectivity index is -0.000000364. The summed E-state index contributed by atoms with van der Waals surface area (Å²) in [6.07, 6.45) is -0.0102. The fourth-order valence-corrected chi connectivity index (χ4v) is 6.12. The van der Waals surface area contributed by atoms with Gasteiger partial charge in [0, 0.05) is 60.0 Å². The van der Waals surface area contributed by atoms with Gasteiger partial charge in [-0.15, -0.1) is 0 Å². The average Bonchev–Trinajstić information content (AvgIpc) is 3.80. The Morgan fingerprint density at radius 1 is 0.515 bits per heavy atom. The van der Waals surface area contributed by atoms with Gasteiger partial charge in [0.15, 0.2) is 0 Å². The summed E-state index contributed by atoms with van der Waals surface area (Å²) in [4.78, 5) is 99.0. The number of rotatable bonds is 21. The van der Waals surface area contributed by atoms with E-state index in [-0.39, 0.29) is 48.8 Å². The van der Waals surface area contributed by atoms with Crippen molar-refractivity contribution in [1.29, 1.82) is 0 Å². The first-order valence-corrected chi connectivity index (χ1v) is 30.2. The third-order valence-electron chi connectivity index (χ3n) is 6.15. The van der Waals surface area contributed by atoms with Crippen molar-refractivity contribution in [2.75, 3.05) is 53.3 Å². The molecule has 394 valence electrons. The quantitative estimate of drug-likeness (QED) is 0.0265. The average molecular weight is 1060 g/mol. The highest BCUT2D eigenvalue weighted by atomic mass is 31.2. The summed E-state index contributed by atoms with van der Waals surface area (Å²) in [5.74, 6) is -5.91. The van der Waals surface area contributed by atoms with E-state index in [0.717, 1.165) is 33.3 Å². The molecule has 30 heteroatoms. The van der Waals surface area contributed by atoms with Crippen LogP contribution in [0, 0.1) is 29.6 Å². The van der Waals surface area contributed by atoms with Gasteiger partial charge in [-0.25, -0.2) is 0 Å². The Morgan fingerprint density at radius 3 is 1.23 bits per heavy atom. The molecule has 25 nitrogen and oxygen atoms in total. The molecule has 6 atom stereocenters. The monoisotopic (exact) mass is 1060 g/mol. The van der Waals surface area contributed by atoms with Crippen LogP contribution in [0.25, 0.3) is 0 Å². The van der Waals surface area contributed by atoms with Crippen LogP contribution < -0.4 is 0 Å². The van der Waals surface area contributed by atoms with E-state index in [1.807, 2.05) is 0 Å². The standard InChI is InChI=1S/C8H15O5P.C8H17O5P.2C7H15O5P.C6H13O5P/c1-6(2)7(9)12-8(4-5-8)13-14(3,10)11;1-6(2)7(9)12-8(3,4)13-14(5,10)11;1-6(2)7(8)11-4-5-12-13(3,9)10;1-5(2)7(8)11-6(3)12-13(4,9)10;1-5(2)6(7)10-4-11-12(3,8)9/h6H,4-5H2,1-3H3,(H,10,11);6H,1-5H3,(H,10,11);6H,4-5H2,1-3H3,(H,9,10);5-6H,1-4H3,(H,9,10);5H,4H2,1-3H3,(H,8,9). The van der Waals surface area contributed by atoms with E-state index in [1.165, 1.54) is 20.8 Å². The zero-order valence-corrected chi connectivity index (χ0v) is 45.6. The van der Waals surface area contributed by atoms with Crippen molar-refractivity contribution in [2.24, 2.45) is 29.6 Å². The van der Waals surface area contributed by atoms with E-state index >= 15 is 0 Å². The van der Waals surface area contributed by atoms with Gasteiger partial charge in [-0.2, -0.15) is 0 Å². The van der Waals surface area contributed by atoms with Crippen LogP contribution in [0.3, 0.4) is 0 Å². The molecule has 0 radical (unpaired) electrons. The molecular formula is C36H75O25P5. The Labute approximate surface area is 388 Å². The van der Waals surface area contributed by atoms with Crippen LogP contribution in [0.4, 0.5) is 0 Å². The Morgan fingerprint density at radius 2 is 0.909 bits per heavy atom. The summed E-state index contributed by atoms with van der Waals surface area (Å²) in [6.45, 7) is 25.8. The minimum atomic E-state index is -3.65. The molecule has 1 saturated carbocycles. The molecule has 0 aromatic heterocycles. The van der Waals surface area contributed by atoms with Crippen LogP contribution in [0.15, 0.2) is 0 Å². The summed E-state index contributed by atoms with van der Waals surface area (Å²) in [5, 5.41) is 0. The van der Waals surface area contributed by atoms with Gasteiger partial charge < -0.3 is 52.7 Å². The Kier molecular flexibility index (Phi) is 33.6. The minimum Gasteiger partial charge on any atom is -0.463 e. The molecule has 1 aliphatic rings. The number of hydrogen-bond acceptors (Lipinski definition) is 20. The summed E-state index contributed by atoms with van der Waals surface area (Å²) >= 11 is 0. The van der Waals surface area contributed by atoms with E-state index in [2.05, 4.69) is 18.3 Å². The lowest BCUT2D eigenvalue weighted by molar-refractivity contribution is -0.191. The first kappa shape index (κ1) is 70.7. The van der Waals surface area contributed by atoms with E-state index in [1.54, 1.807) is 69.2 Å². The molecule has 0 spiro atoms. The van der Waals surface area contributed by atoms with Crippen LogP contribution in [0.2, 0.25) is 0 Å². The minimum absolute atomic E-state index is 0.00933. The molecule has 0 amide bonds. The maximum Gasteiger partial charge on any atom is 0.328 e. The Bertz CT molecular complexity index is 1680. The predicted octanol–water partition coefficient (Wildman–Crippen LogP) is 6.62.